The highest BCUT2D eigenvalue weighted by Gasteiger charge is 2.40. The van der Waals surface area contributed by atoms with E-state index in [1.165, 1.54) is 452 Å². The monoisotopic (exact) mass is 1790 g/mol. The lowest BCUT2D eigenvalue weighted by Gasteiger charge is -2.31. The van der Waals surface area contributed by atoms with Gasteiger partial charge in [0.05, 0.1) is 0 Å². The molecule has 0 aliphatic heterocycles. The molecule has 636 valence electrons. The van der Waals surface area contributed by atoms with Crippen molar-refractivity contribution < 1.29 is 0 Å². The zero-order chi connectivity index (χ0) is 90.9. The minimum Gasteiger partial charge on any atom is -0.0616 e. The Balaban J connectivity index is 0.000000109. The summed E-state index contributed by atoms with van der Waals surface area (Å²) in [5.74, 6) is 0. The zero-order valence-electron chi connectivity index (χ0n) is 76.6. The molecule has 0 unspecified atom stereocenters. The molecule has 0 spiro atoms. The summed E-state index contributed by atoms with van der Waals surface area (Å²) in [7, 11) is 0. The van der Waals surface area contributed by atoms with Crippen molar-refractivity contribution in [2.24, 2.45) is 0 Å². The second-order valence-corrected chi connectivity index (χ2v) is 43.6. The Labute approximate surface area is 810 Å². The van der Waals surface area contributed by atoms with Crippen LogP contribution in [0.1, 0.15) is 0 Å². The van der Waals surface area contributed by atoms with Gasteiger partial charge in [0.25, 0.3) is 0 Å². The normalized spacial score (nSPS) is 13.8. The van der Waals surface area contributed by atoms with Gasteiger partial charge in [-0.25, -0.2) is 0 Å². The van der Waals surface area contributed by atoms with Crippen molar-refractivity contribution in [2.75, 3.05) is 0 Å². The zero-order valence-corrected chi connectivity index (χ0v) is 76.6. The summed E-state index contributed by atoms with van der Waals surface area (Å²) in [6, 6.07) is 143. The largest absolute Gasteiger partial charge is 0.0616 e. The molecule has 0 saturated heterocycles. The van der Waals surface area contributed by atoms with Crippen LogP contribution < -0.4 is 0 Å². The van der Waals surface area contributed by atoms with Gasteiger partial charge in [-0.1, -0.05) is 364 Å². The van der Waals surface area contributed by atoms with Crippen molar-refractivity contribution >= 4 is 452 Å². The first-order valence-corrected chi connectivity index (χ1v) is 51.4. The highest BCUT2D eigenvalue weighted by atomic mass is 14.4. The van der Waals surface area contributed by atoms with E-state index in [9.17, 15) is 0 Å². The first kappa shape index (κ1) is 69.2. The summed E-state index contributed by atoms with van der Waals surface area (Å²) < 4.78 is 0. The van der Waals surface area contributed by atoms with Gasteiger partial charge in [-0.15, -0.1) is 0 Å². The molecule has 0 saturated carbocycles. The fourth-order valence-corrected chi connectivity index (χ4v) is 34.4. The molecule has 0 heterocycles. The molecule has 0 aromatic heterocycles. The Morgan fingerprint density at radius 3 is 0.292 bits per heavy atom. The molecule has 44 aromatic carbocycles. The van der Waals surface area contributed by atoms with Crippen LogP contribution in [0.2, 0.25) is 0 Å². The number of benzene rings is 44. The van der Waals surface area contributed by atoms with Crippen molar-refractivity contribution in [3.05, 3.63) is 364 Å². The third-order valence-electron chi connectivity index (χ3n) is 38.5. The van der Waals surface area contributed by atoms with Crippen LogP contribution in [-0.2, 0) is 0 Å². The summed E-state index contributed by atoms with van der Waals surface area (Å²) in [5, 5.41) is 117. The fourth-order valence-electron chi connectivity index (χ4n) is 34.4. The lowest BCUT2D eigenvalue weighted by atomic mass is 9.71. The second-order valence-electron chi connectivity index (χ2n) is 43.6. The van der Waals surface area contributed by atoms with E-state index in [-0.39, 0.29) is 0 Å². The van der Waals surface area contributed by atoms with E-state index in [1.54, 1.807) is 0 Å². The molecule has 0 amide bonds. The number of hydrogen-bond acceptors (Lipinski definition) is 0. The molecule has 0 aliphatic carbocycles. The van der Waals surface area contributed by atoms with E-state index >= 15 is 0 Å². The smallest absolute Gasteiger partial charge is 0.0000468 e. The van der Waals surface area contributed by atoms with Crippen LogP contribution in [-0.4, -0.2) is 0 Å². The number of rotatable bonds is 0. The predicted octanol–water partition coefficient (Wildman–Crippen LogP) is 41.7. The third kappa shape index (κ3) is 6.68. The van der Waals surface area contributed by atoms with Gasteiger partial charge < -0.3 is 0 Å². The summed E-state index contributed by atoms with van der Waals surface area (Å²) in [5.41, 5.74) is 0. The van der Waals surface area contributed by atoms with E-state index in [2.05, 4.69) is 364 Å². The van der Waals surface area contributed by atoms with Crippen LogP contribution in [0, 0.1) is 0 Å². The lowest BCUT2D eigenvalue weighted by Crippen LogP contribution is -2.01. The van der Waals surface area contributed by atoms with Crippen LogP contribution >= 0.6 is 0 Å². The molecule has 0 aliphatic rings. The van der Waals surface area contributed by atoms with Gasteiger partial charge in [0, 0.05) is 0 Å². The van der Waals surface area contributed by atoms with Gasteiger partial charge in [0.2, 0.25) is 0 Å². The molecular formula is C144H60. The summed E-state index contributed by atoms with van der Waals surface area (Å²) >= 11 is 0. The van der Waals surface area contributed by atoms with Gasteiger partial charge in [-0.2, -0.15) is 0 Å². The predicted molar refractivity (Wildman–Crippen MR) is 629 cm³/mol. The van der Waals surface area contributed by atoms with Crippen molar-refractivity contribution in [2.45, 2.75) is 0 Å². The topological polar surface area (TPSA) is 0 Å². The Bertz CT molecular complexity index is 12500. The summed E-state index contributed by atoms with van der Waals surface area (Å²) in [6.45, 7) is 0. The van der Waals surface area contributed by atoms with Crippen molar-refractivity contribution in [3.63, 3.8) is 0 Å². The maximum Gasteiger partial charge on any atom is -0.0000468 e. The molecule has 44 aromatic rings. The van der Waals surface area contributed by atoms with Crippen LogP contribution in [0.25, 0.3) is 452 Å². The fraction of sp³-hybridized carbons (Fsp3) is 0. The third-order valence-corrected chi connectivity index (χ3v) is 38.5. The first-order chi connectivity index (χ1) is 71.7. The van der Waals surface area contributed by atoms with E-state index in [4.69, 9.17) is 0 Å². The Morgan fingerprint density at radius 2 is 0.146 bits per heavy atom. The number of hydrogen-bond donors (Lipinski definition) is 0. The average Bonchev–Trinajstić information content (AvgIpc) is 0.634. The van der Waals surface area contributed by atoms with Gasteiger partial charge in [0.15, 0.2) is 0 Å². The highest BCUT2D eigenvalue weighted by Crippen LogP contribution is 2.69. The Morgan fingerprint density at radius 1 is 0.0486 bits per heavy atom. The van der Waals surface area contributed by atoms with Crippen LogP contribution in [0.3, 0.4) is 0 Å². The average molecular weight is 1790 g/mol. The molecule has 0 N–H and O–H groups in total. The van der Waals surface area contributed by atoms with Gasteiger partial charge >= 0.3 is 0 Å². The molecule has 0 fully saturated rings. The van der Waals surface area contributed by atoms with Crippen molar-refractivity contribution in [1.29, 1.82) is 0 Å². The second kappa shape index (κ2) is 22.0. The van der Waals surface area contributed by atoms with E-state index in [0.717, 1.165) is 0 Å². The van der Waals surface area contributed by atoms with Gasteiger partial charge in [-0.3, -0.25) is 0 Å². The minimum absolute atomic E-state index is 1.31. The molecular weight excluding hydrogens is 1730 g/mol. The number of fused-ring (bicyclic) bond motifs is 32. The summed E-state index contributed by atoms with van der Waals surface area (Å²) in [6.07, 6.45) is 0. The molecule has 44 rings (SSSR count). The molecule has 0 bridgehead atoms. The van der Waals surface area contributed by atoms with E-state index < -0.39 is 0 Å². The lowest BCUT2D eigenvalue weighted by molar-refractivity contribution is 1.81. The highest BCUT2D eigenvalue weighted by molar-refractivity contribution is 6.70. The summed E-state index contributed by atoms with van der Waals surface area (Å²) in [4.78, 5) is 0. The van der Waals surface area contributed by atoms with Crippen molar-refractivity contribution in [3.8, 4) is 0 Å². The quantitative estimate of drug-likeness (QED) is 0.105. The van der Waals surface area contributed by atoms with Crippen molar-refractivity contribution in [1.82, 2.24) is 0 Å². The SMILES string of the molecule is c1ccc2c(c1)c1ccc3cccc4c3c1c1c2c2cccc3c2c2c1c4c1cccc4c1c2c1c3c2cccc3c5c6cccc7ccc8c9ccccc9c9c%10cccc%11c%10c(c5c9c8c76)c(c32)c1c%114.c1ccc2c(c1)c1ccc3cccc4c3c1c1c2c2cccc3c2c2c1c4c1cccc4c1c2c1c3c2cccc3c5c6cccc7ccc8c9ccccc9c9c%10cccc%11c%10c(c5c9c8c76)c(c32)c1c%114. The van der Waals surface area contributed by atoms with Crippen LogP contribution in [0.4, 0.5) is 0 Å². The van der Waals surface area contributed by atoms with Gasteiger partial charge in [-0.05, 0) is 452 Å². The molecule has 0 atom stereocenters. The minimum atomic E-state index is 1.31. The Kier molecular flexibility index (Phi) is 10.5. The molecule has 0 radical (unpaired) electrons. The maximum atomic E-state index is 2.49. The van der Waals surface area contributed by atoms with E-state index in [1.807, 2.05) is 0 Å². The first-order valence-electron chi connectivity index (χ1n) is 51.4. The maximum absolute atomic E-state index is 2.49. The van der Waals surface area contributed by atoms with Crippen LogP contribution in [0.15, 0.2) is 364 Å². The standard InChI is InChI=1S/2C72H30/c2*1-3-15-35-33(13-1)37-29-27-31-11-5-17-39-49(31)61(37)63-51(35)41-19-7-23-45-55(41)67-65(63)53(39)43-21-9-26-48-57(43)69(67)71-59(45)47-25-10-22-44-54-40-18-6-12-32-28-30-38-34-14-2-4-16-36(34)52-42-20-8-24-46-56(42)68(66(54)64(52)62(38)50(32)40)70(58(44)47)72(71)60(46)48/h2*1-30H. The molecule has 144 heavy (non-hydrogen) atoms. The van der Waals surface area contributed by atoms with E-state index in [0.29, 0.717) is 0 Å². The van der Waals surface area contributed by atoms with Crippen LogP contribution in [0.5, 0.6) is 0 Å². The van der Waals surface area contributed by atoms with Gasteiger partial charge in [0.1, 0.15) is 0 Å². The Hall–Kier alpha value is -18.7. The molecule has 0 heteroatoms. The molecule has 0 nitrogen and oxygen atoms in total.